The molecule has 1 N–H and O–H groups in total. The van der Waals surface area contributed by atoms with Crippen LogP contribution in [0.4, 0.5) is 0 Å². The summed E-state index contributed by atoms with van der Waals surface area (Å²) in [6, 6.07) is 9.27. The fourth-order valence-electron chi connectivity index (χ4n) is 1.53. The number of benzene rings is 1. The lowest BCUT2D eigenvalue weighted by molar-refractivity contribution is 0.0917. The molecule has 0 fully saturated rings. The number of hydrogen-bond donors (Lipinski definition) is 1. The van der Waals surface area contributed by atoms with Crippen LogP contribution < -0.4 is 10.1 Å². The van der Waals surface area contributed by atoms with Gasteiger partial charge in [0.25, 0.3) is 5.91 Å². The minimum atomic E-state index is -0.249. The van der Waals surface area contributed by atoms with Gasteiger partial charge in [-0.25, -0.2) is 0 Å². The molecule has 0 aliphatic rings. The number of aromatic nitrogens is 1. The Morgan fingerprint density at radius 2 is 2.11 bits per heavy atom. The van der Waals surface area contributed by atoms with Crippen LogP contribution in [0.2, 0.25) is 0 Å². The van der Waals surface area contributed by atoms with Gasteiger partial charge in [-0.1, -0.05) is 17.3 Å². The number of hydrogen-bond acceptors (Lipinski definition) is 4. The van der Waals surface area contributed by atoms with E-state index in [1.54, 1.807) is 7.11 Å². The number of ether oxygens (including phenoxy) is 1. The van der Waals surface area contributed by atoms with Gasteiger partial charge >= 0.3 is 0 Å². The minimum absolute atomic E-state index is 0.227. The van der Waals surface area contributed by atoms with Crippen LogP contribution >= 0.6 is 0 Å². The van der Waals surface area contributed by atoms with Crippen LogP contribution in [0.15, 0.2) is 41.1 Å². The normalized spacial score (nSPS) is 10.1. The summed E-state index contributed by atoms with van der Waals surface area (Å²) in [6.07, 6.45) is 2.20. The molecule has 0 saturated heterocycles. The summed E-state index contributed by atoms with van der Waals surface area (Å²) >= 11 is 0. The molecule has 0 atom stereocenters. The quantitative estimate of drug-likeness (QED) is 0.871. The van der Waals surface area contributed by atoms with Crippen molar-refractivity contribution in [3.63, 3.8) is 0 Å². The van der Waals surface area contributed by atoms with Gasteiger partial charge in [-0.05, 0) is 24.1 Å². The van der Waals surface area contributed by atoms with Gasteiger partial charge in [0.2, 0.25) is 5.76 Å². The lowest BCUT2D eigenvalue weighted by atomic mass is 10.1. The van der Waals surface area contributed by atoms with E-state index in [0.29, 0.717) is 6.54 Å². The SMILES string of the molecule is COc1ccc(CCNC(=O)c2ccno2)cc1. The molecule has 1 aromatic heterocycles. The Hall–Kier alpha value is -2.30. The fraction of sp³-hybridized carbons (Fsp3) is 0.231. The maximum atomic E-state index is 11.5. The van der Waals surface area contributed by atoms with Crippen molar-refractivity contribution in [2.75, 3.05) is 13.7 Å². The number of rotatable bonds is 5. The number of nitrogens with one attached hydrogen (secondary N) is 1. The number of nitrogens with zero attached hydrogens (tertiary/aromatic N) is 1. The maximum absolute atomic E-state index is 11.5. The summed E-state index contributed by atoms with van der Waals surface area (Å²) in [6.45, 7) is 0.547. The second kappa shape index (κ2) is 5.86. The van der Waals surface area contributed by atoms with Gasteiger partial charge in [-0.2, -0.15) is 0 Å². The van der Waals surface area contributed by atoms with Crippen LogP contribution in [0.1, 0.15) is 16.1 Å². The van der Waals surface area contributed by atoms with Crippen molar-refractivity contribution >= 4 is 5.91 Å². The van der Waals surface area contributed by atoms with Crippen LogP contribution in [0, 0.1) is 0 Å². The predicted octanol–water partition coefficient (Wildman–Crippen LogP) is 1.66. The Balaban J connectivity index is 1.79. The molecule has 94 valence electrons. The molecule has 0 radical (unpaired) electrons. The van der Waals surface area contributed by atoms with Crippen LogP contribution in [0.25, 0.3) is 0 Å². The van der Waals surface area contributed by atoms with E-state index in [0.717, 1.165) is 17.7 Å². The molecule has 18 heavy (non-hydrogen) atoms. The molecule has 0 spiro atoms. The summed E-state index contributed by atoms with van der Waals surface area (Å²) in [4.78, 5) is 11.5. The molecule has 0 unspecified atom stereocenters. The predicted molar refractivity (Wildman–Crippen MR) is 65.5 cm³/mol. The van der Waals surface area contributed by atoms with Crippen molar-refractivity contribution in [3.8, 4) is 5.75 Å². The third-order valence-corrected chi connectivity index (χ3v) is 2.52. The molecular formula is C13H14N2O3. The van der Waals surface area contributed by atoms with Gasteiger partial charge in [-0.15, -0.1) is 0 Å². The van der Waals surface area contributed by atoms with Gasteiger partial charge in [0.05, 0.1) is 13.3 Å². The summed E-state index contributed by atoms with van der Waals surface area (Å²) < 4.78 is 9.82. The number of carbonyl (C=O) groups excluding carboxylic acids is 1. The zero-order valence-electron chi connectivity index (χ0n) is 10.1. The van der Waals surface area contributed by atoms with E-state index in [1.165, 1.54) is 12.3 Å². The minimum Gasteiger partial charge on any atom is -0.497 e. The van der Waals surface area contributed by atoms with E-state index < -0.39 is 0 Å². The first-order chi connectivity index (χ1) is 8.79. The Kier molecular flexibility index (Phi) is 3.96. The van der Waals surface area contributed by atoms with Gasteiger partial charge < -0.3 is 14.6 Å². The Morgan fingerprint density at radius 3 is 2.72 bits per heavy atom. The van der Waals surface area contributed by atoms with Gasteiger partial charge in [0.15, 0.2) is 0 Å². The zero-order valence-corrected chi connectivity index (χ0v) is 10.1. The van der Waals surface area contributed by atoms with Crippen LogP contribution in [-0.2, 0) is 6.42 Å². The van der Waals surface area contributed by atoms with Crippen LogP contribution in [0.5, 0.6) is 5.75 Å². The van der Waals surface area contributed by atoms with Crippen molar-refractivity contribution in [2.45, 2.75) is 6.42 Å². The molecule has 2 rings (SSSR count). The van der Waals surface area contributed by atoms with E-state index >= 15 is 0 Å². The Bertz CT molecular complexity index is 491. The Labute approximate surface area is 105 Å². The summed E-state index contributed by atoms with van der Waals surface area (Å²) in [7, 11) is 1.63. The van der Waals surface area contributed by atoms with E-state index in [-0.39, 0.29) is 11.7 Å². The monoisotopic (exact) mass is 246 g/mol. The lowest BCUT2D eigenvalue weighted by Gasteiger charge is -2.04. The van der Waals surface area contributed by atoms with Crippen LogP contribution in [0.3, 0.4) is 0 Å². The molecule has 1 heterocycles. The molecule has 5 nitrogen and oxygen atoms in total. The molecule has 2 aromatic rings. The molecular weight excluding hydrogens is 232 g/mol. The van der Waals surface area contributed by atoms with E-state index in [4.69, 9.17) is 9.26 Å². The van der Waals surface area contributed by atoms with Gasteiger partial charge in [0, 0.05) is 12.6 Å². The molecule has 0 saturated carbocycles. The van der Waals surface area contributed by atoms with E-state index in [9.17, 15) is 4.79 Å². The van der Waals surface area contributed by atoms with Crippen molar-refractivity contribution in [1.29, 1.82) is 0 Å². The summed E-state index contributed by atoms with van der Waals surface area (Å²) in [5, 5.41) is 6.24. The number of carbonyl (C=O) groups is 1. The molecule has 1 amide bonds. The largest absolute Gasteiger partial charge is 0.497 e. The highest BCUT2D eigenvalue weighted by Crippen LogP contribution is 2.11. The standard InChI is InChI=1S/C13H14N2O3/c1-17-11-4-2-10(3-5-11)6-8-14-13(16)12-7-9-15-18-12/h2-5,7,9H,6,8H2,1H3,(H,14,16). The smallest absolute Gasteiger partial charge is 0.289 e. The summed E-state index contributed by atoms with van der Waals surface area (Å²) in [5.74, 6) is 0.801. The summed E-state index contributed by atoms with van der Waals surface area (Å²) in [5.41, 5.74) is 1.13. The van der Waals surface area contributed by atoms with Gasteiger partial charge in [0.1, 0.15) is 5.75 Å². The zero-order chi connectivity index (χ0) is 12.8. The van der Waals surface area contributed by atoms with Crippen molar-refractivity contribution < 1.29 is 14.1 Å². The second-order valence-electron chi connectivity index (χ2n) is 3.73. The van der Waals surface area contributed by atoms with Crippen molar-refractivity contribution in [2.24, 2.45) is 0 Å². The highest BCUT2D eigenvalue weighted by Gasteiger charge is 2.08. The third kappa shape index (κ3) is 3.10. The molecule has 0 aliphatic heterocycles. The van der Waals surface area contributed by atoms with E-state index in [2.05, 4.69) is 10.5 Å². The van der Waals surface area contributed by atoms with E-state index in [1.807, 2.05) is 24.3 Å². The lowest BCUT2D eigenvalue weighted by Crippen LogP contribution is -2.25. The van der Waals surface area contributed by atoms with Gasteiger partial charge in [-0.3, -0.25) is 4.79 Å². The average molecular weight is 246 g/mol. The molecule has 5 heteroatoms. The first kappa shape index (κ1) is 12.2. The van der Waals surface area contributed by atoms with Crippen molar-refractivity contribution in [1.82, 2.24) is 10.5 Å². The Morgan fingerprint density at radius 1 is 1.33 bits per heavy atom. The molecule has 1 aromatic carbocycles. The van der Waals surface area contributed by atoms with Crippen molar-refractivity contribution in [3.05, 3.63) is 47.9 Å². The van der Waals surface area contributed by atoms with Crippen LogP contribution in [-0.4, -0.2) is 24.7 Å². The maximum Gasteiger partial charge on any atom is 0.289 e. The highest BCUT2D eigenvalue weighted by atomic mass is 16.5. The molecule has 0 bridgehead atoms. The topological polar surface area (TPSA) is 64.4 Å². The first-order valence-corrected chi connectivity index (χ1v) is 5.61. The fourth-order valence-corrected chi connectivity index (χ4v) is 1.53. The average Bonchev–Trinajstić information content (AvgIpc) is 2.93. The number of amides is 1. The molecule has 0 aliphatic carbocycles. The number of methoxy groups -OCH3 is 1. The first-order valence-electron chi connectivity index (χ1n) is 5.61. The highest BCUT2D eigenvalue weighted by molar-refractivity contribution is 5.91. The second-order valence-corrected chi connectivity index (χ2v) is 3.73. The third-order valence-electron chi connectivity index (χ3n) is 2.52.